The molecule has 0 saturated carbocycles. The zero-order valence-corrected chi connectivity index (χ0v) is 16.6. The fraction of sp³-hybridized carbons (Fsp3) is 0.286. The molecule has 1 atom stereocenters. The molecule has 1 aliphatic heterocycles. The van der Waals surface area contributed by atoms with E-state index in [-0.39, 0.29) is 17.0 Å². The molecule has 1 aliphatic rings. The highest BCUT2D eigenvalue weighted by atomic mass is 35.5. The summed E-state index contributed by atoms with van der Waals surface area (Å²) in [5, 5.41) is 6.83. The lowest BCUT2D eigenvalue weighted by Crippen LogP contribution is -2.41. The van der Waals surface area contributed by atoms with Crippen LogP contribution in [0, 0.1) is 12.7 Å². The lowest BCUT2D eigenvalue weighted by Gasteiger charge is -2.31. The third-order valence-electron chi connectivity index (χ3n) is 4.95. The number of benzene rings is 2. The highest BCUT2D eigenvalue weighted by Gasteiger charge is 2.29. The van der Waals surface area contributed by atoms with Gasteiger partial charge in [-0.05, 0) is 44.0 Å². The van der Waals surface area contributed by atoms with Gasteiger partial charge < -0.3 is 14.7 Å². The van der Waals surface area contributed by atoms with E-state index < -0.39 is 5.82 Å². The lowest BCUT2D eigenvalue weighted by molar-refractivity contribution is 0.184. The first-order chi connectivity index (χ1) is 14.0. The molecule has 29 heavy (non-hydrogen) atoms. The van der Waals surface area contributed by atoms with E-state index in [0.29, 0.717) is 30.5 Å². The molecular weight excluding hydrogens is 395 g/mol. The van der Waals surface area contributed by atoms with Gasteiger partial charge in [-0.3, -0.25) is 0 Å². The quantitative estimate of drug-likeness (QED) is 0.635. The number of hydrogen-bond acceptors (Lipinski definition) is 4. The van der Waals surface area contributed by atoms with E-state index in [9.17, 15) is 9.18 Å². The van der Waals surface area contributed by atoms with E-state index in [4.69, 9.17) is 16.1 Å². The van der Waals surface area contributed by atoms with Crippen LogP contribution in [0.5, 0.6) is 0 Å². The summed E-state index contributed by atoms with van der Waals surface area (Å²) < 4.78 is 18.8. The van der Waals surface area contributed by atoms with Crippen molar-refractivity contribution in [1.29, 1.82) is 0 Å². The zero-order valence-electron chi connectivity index (χ0n) is 15.9. The number of hydrogen-bond donors (Lipinski definition) is 1. The maximum atomic E-state index is 13.3. The number of halogens is 2. The highest BCUT2D eigenvalue weighted by molar-refractivity contribution is 6.31. The summed E-state index contributed by atoms with van der Waals surface area (Å²) in [5.74, 6) is 0.524. The second-order valence-electron chi connectivity index (χ2n) is 7.17. The summed E-state index contributed by atoms with van der Waals surface area (Å²) in [4.78, 5) is 18.9. The Labute approximate surface area is 172 Å². The second kappa shape index (κ2) is 8.21. The Kier molecular flexibility index (Phi) is 5.49. The zero-order chi connectivity index (χ0) is 20.4. The molecule has 1 saturated heterocycles. The van der Waals surface area contributed by atoms with Gasteiger partial charge in [0.1, 0.15) is 5.82 Å². The first-order valence-electron chi connectivity index (χ1n) is 9.41. The minimum absolute atomic E-state index is 0.0302. The molecule has 2 aromatic carbocycles. The van der Waals surface area contributed by atoms with Gasteiger partial charge in [0.15, 0.2) is 0 Å². The van der Waals surface area contributed by atoms with Crippen molar-refractivity contribution in [3.05, 3.63) is 64.8 Å². The third-order valence-corrected chi connectivity index (χ3v) is 5.24. The molecule has 3 aromatic rings. The number of anilines is 1. The number of nitrogens with one attached hydrogen (secondary N) is 1. The van der Waals surface area contributed by atoms with Gasteiger partial charge in [0.2, 0.25) is 11.7 Å². The fourth-order valence-electron chi connectivity index (χ4n) is 3.44. The van der Waals surface area contributed by atoms with Crippen molar-refractivity contribution in [2.75, 3.05) is 18.4 Å². The molecule has 4 rings (SSSR count). The maximum Gasteiger partial charge on any atom is 0.321 e. The normalized spacial score (nSPS) is 16.7. The van der Waals surface area contributed by atoms with E-state index in [0.717, 1.165) is 24.0 Å². The number of carbonyl (C=O) groups is 1. The van der Waals surface area contributed by atoms with Crippen LogP contribution in [0.25, 0.3) is 11.4 Å². The van der Waals surface area contributed by atoms with Crippen molar-refractivity contribution in [1.82, 2.24) is 15.0 Å². The van der Waals surface area contributed by atoms with Crippen LogP contribution in [0.15, 0.2) is 47.0 Å². The summed E-state index contributed by atoms with van der Waals surface area (Å²) in [7, 11) is 0. The molecule has 8 heteroatoms. The van der Waals surface area contributed by atoms with E-state index in [2.05, 4.69) is 15.5 Å². The van der Waals surface area contributed by atoms with Crippen LogP contribution >= 0.6 is 11.6 Å². The summed E-state index contributed by atoms with van der Waals surface area (Å²) in [6.07, 6.45) is 1.69. The molecule has 1 aromatic heterocycles. The Bertz CT molecular complexity index is 1040. The van der Waals surface area contributed by atoms with Gasteiger partial charge in [-0.2, -0.15) is 4.98 Å². The van der Waals surface area contributed by atoms with Crippen LogP contribution in [0.1, 0.15) is 30.2 Å². The molecule has 150 valence electrons. The maximum absolute atomic E-state index is 13.3. The van der Waals surface area contributed by atoms with Crippen molar-refractivity contribution in [3.63, 3.8) is 0 Å². The van der Waals surface area contributed by atoms with Crippen molar-refractivity contribution < 1.29 is 13.7 Å². The minimum Gasteiger partial charge on any atom is -0.339 e. The van der Waals surface area contributed by atoms with Crippen LogP contribution in [-0.4, -0.2) is 34.2 Å². The number of piperidine rings is 1. The molecule has 1 fully saturated rings. The SMILES string of the molecule is Cc1cccc(-c2noc([C@@H]3CCCN(C(=O)Nc4ccc(F)c(Cl)c4)C3)n2)c1. The van der Waals surface area contributed by atoms with E-state index in [1.807, 2.05) is 31.2 Å². The first kappa shape index (κ1) is 19.4. The van der Waals surface area contributed by atoms with Crippen LogP contribution in [0.2, 0.25) is 5.02 Å². The Morgan fingerprint density at radius 2 is 2.17 bits per heavy atom. The Morgan fingerprint density at radius 1 is 1.31 bits per heavy atom. The summed E-state index contributed by atoms with van der Waals surface area (Å²) in [6, 6.07) is 11.7. The molecule has 2 amide bonds. The molecule has 6 nitrogen and oxygen atoms in total. The minimum atomic E-state index is -0.525. The van der Waals surface area contributed by atoms with Crippen molar-refractivity contribution in [2.24, 2.45) is 0 Å². The van der Waals surface area contributed by atoms with Gasteiger partial charge in [-0.15, -0.1) is 0 Å². The third kappa shape index (κ3) is 4.40. The number of aromatic nitrogens is 2. The van der Waals surface area contributed by atoms with Crippen LogP contribution < -0.4 is 5.32 Å². The topological polar surface area (TPSA) is 71.3 Å². The van der Waals surface area contributed by atoms with Crippen LogP contribution in [0.3, 0.4) is 0 Å². The van der Waals surface area contributed by atoms with E-state index in [1.54, 1.807) is 4.90 Å². The van der Waals surface area contributed by atoms with Crippen LogP contribution in [-0.2, 0) is 0 Å². The number of nitrogens with zero attached hydrogens (tertiary/aromatic N) is 3. The van der Waals surface area contributed by atoms with Gasteiger partial charge in [0.25, 0.3) is 0 Å². The predicted octanol–water partition coefficient (Wildman–Crippen LogP) is 5.25. The summed E-state index contributed by atoms with van der Waals surface area (Å²) in [6.45, 7) is 3.10. The molecular formula is C21H20ClFN4O2. The lowest BCUT2D eigenvalue weighted by atomic mass is 9.98. The smallest absolute Gasteiger partial charge is 0.321 e. The average Bonchev–Trinajstić information content (AvgIpc) is 3.21. The Morgan fingerprint density at radius 3 is 2.97 bits per heavy atom. The molecule has 2 heterocycles. The van der Waals surface area contributed by atoms with Gasteiger partial charge in [-0.25, -0.2) is 9.18 Å². The molecule has 0 spiro atoms. The van der Waals surface area contributed by atoms with Gasteiger partial charge >= 0.3 is 6.03 Å². The number of urea groups is 1. The largest absolute Gasteiger partial charge is 0.339 e. The monoisotopic (exact) mass is 414 g/mol. The number of amides is 2. The number of aryl methyl sites for hydroxylation is 1. The highest BCUT2D eigenvalue weighted by Crippen LogP contribution is 2.28. The van der Waals surface area contributed by atoms with Crippen molar-refractivity contribution in [3.8, 4) is 11.4 Å². The molecule has 0 bridgehead atoms. The Balaban J connectivity index is 1.44. The molecule has 0 unspecified atom stereocenters. The number of rotatable bonds is 3. The van der Waals surface area contributed by atoms with E-state index in [1.165, 1.54) is 18.2 Å². The van der Waals surface area contributed by atoms with E-state index >= 15 is 0 Å². The molecule has 0 radical (unpaired) electrons. The van der Waals surface area contributed by atoms with Gasteiger partial charge in [0.05, 0.1) is 10.9 Å². The number of likely N-dealkylation sites (tertiary alicyclic amines) is 1. The van der Waals surface area contributed by atoms with Gasteiger partial charge in [-0.1, -0.05) is 40.5 Å². The standard InChI is InChI=1S/C21H20ClFN4O2/c1-13-4-2-5-14(10-13)19-25-20(29-26-19)15-6-3-9-27(12-15)21(28)24-16-7-8-18(23)17(22)11-16/h2,4-5,7-8,10-11,15H,3,6,9,12H2,1H3,(H,24,28)/t15-/m1/s1. The fourth-order valence-corrected chi connectivity index (χ4v) is 3.62. The summed E-state index contributed by atoms with van der Waals surface area (Å²) >= 11 is 5.78. The first-order valence-corrected chi connectivity index (χ1v) is 9.79. The van der Waals surface area contributed by atoms with Gasteiger partial charge in [0, 0.05) is 24.3 Å². The van der Waals surface area contributed by atoms with Crippen molar-refractivity contribution >= 4 is 23.3 Å². The Hall–Kier alpha value is -2.93. The second-order valence-corrected chi connectivity index (χ2v) is 7.58. The van der Waals surface area contributed by atoms with Crippen LogP contribution in [0.4, 0.5) is 14.9 Å². The number of carbonyl (C=O) groups excluding carboxylic acids is 1. The molecule has 1 N–H and O–H groups in total. The summed E-state index contributed by atoms with van der Waals surface area (Å²) in [5.41, 5.74) is 2.47. The average molecular weight is 415 g/mol. The van der Waals surface area contributed by atoms with Crippen molar-refractivity contribution in [2.45, 2.75) is 25.7 Å². The predicted molar refractivity (Wildman–Crippen MR) is 108 cm³/mol. The molecule has 0 aliphatic carbocycles.